The number of carbonyl (C=O) groups is 3. The summed E-state index contributed by atoms with van der Waals surface area (Å²) in [6, 6.07) is 25.3. The normalized spacial score (nSPS) is 16.5. The molecule has 3 aliphatic heterocycles. The van der Waals surface area contributed by atoms with Crippen molar-refractivity contribution >= 4 is 78.6 Å². The zero-order chi connectivity index (χ0) is 58.5. The maximum atomic E-state index is 12.7. The highest BCUT2D eigenvalue weighted by Gasteiger charge is 2.26. The number of fused-ring (bicyclic) bond motifs is 3. The van der Waals surface area contributed by atoms with Crippen LogP contribution >= 0.6 is 11.3 Å². The fraction of sp³-hybridized carbons (Fsp3) is 0.460. The second-order valence-electron chi connectivity index (χ2n) is 22.7. The van der Waals surface area contributed by atoms with E-state index in [1.165, 1.54) is 44.2 Å². The minimum Gasteiger partial charge on any atom is -0.420 e. The van der Waals surface area contributed by atoms with E-state index in [0.717, 1.165) is 139 Å². The highest BCUT2D eigenvalue weighted by atomic mass is 32.1. The van der Waals surface area contributed by atoms with Crippen LogP contribution in [0.15, 0.2) is 102 Å². The molecule has 0 spiro atoms. The fourth-order valence-corrected chi connectivity index (χ4v) is 12.4. The van der Waals surface area contributed by atoms with Crippen molar-refractivity contribution in [2.45, 2.75) is 79.7 Å². The van der Waals surface area contributed by atoms with Gasteiger partial charge in [0.1, 0.15) is 0 Å². The fourth-order valence-electron chi connectivity index (χ4n) is 11.6. The van der Waals surface area contributed by atoms with Crippen molar-refractivity contribution in [3.05, 3.63) is 131 Å². The lowest BCUT2D eigenvalue weighted by atomic mass is 9.95. The smallest absolute Gasteiger partial charge is 0.297 e. The molecule has 3 atom stereocenters. The second kappa shape index (κ2) is 28.2. The van der Waals surface area contributed by atoms with Crippen LogP contribution in [0, 0.1) is 11.8 Å². The molecule has 0 bridgehead atoms. The Balaban J connectivity index is 0.000000140. The molecule has 20 nitrogen and oxygen atoms in total. The molecule has 9 aromatic rings. The Labute approximate surface area is 495 Å². The van der Waals surface area contributed by atoms with Gasteiger partial charge in [-0.05, 0) is 92.5 Å². The number of Topliss-reactive ketones (excluding diaryl/α,β-unsaturated/α-hetero) is 2. The van der Waals surface area contributed by atoms with Gasteiger partial charge in [0.2, 0.25) is 16.1 Å². The SMILES string of the molecule is CCN1CCN(c2n[nH]c(C(=O)CC(C)Cc3c[nH]c4ccccc34)n2)CC1.CCN1CCN(c2ncc(C(=O)CC(C)Cc3c[nH]c4ccccc34)o2)CC1.CCN1CCN(c2nnc(C(=O)NC(C)Cc3c[nH]c4ccccc34)s2)CC1. The van der Waals surface area contributed by atoms with Gasteiger partial charge >= 0.3 is 0 Å². The van der Waals surface area contributed by atoms with Gasteiger partial charge in [-0.1, -0.05) is 101 Å². The Morgan fingerprint density at radius 1 is 0.583 bits per heavy atom. The predicted octanol–water partition coefficient (Wildman–Crippen LogP) is 9.15. The molecule has 3 aromatic carbocycles. The van der Waals surface area contributed by atoms with Gasteiger partial charge in [0.15, 0.2) is 23.2 Å². The molecule has 5 N–H and O–H groups in total. The first-order valence-electron chi connectivity index (χ1n) is 30.1. The van der Waals surface area contributed by atoms with E-state index in [0.29, 0.717) is 41.4 Å². The van der Waals surface area contributed by atoms with Crippen LogP contribution in [0.25, 0.3) is 32.7 Å². The van der Waals surface area contributed by atoms with Gasteiger partial charge in [-0.25, -0.2) is 4.98 Å². The molecular weight excluding hydrogens is 1080 g/mol. The first kappa shape index (κ1) is 59.4. The lowest BCUT2D eigenvalue weighted by Gasteiger charge is -2.33. The Bertz CT molecular complexity index is 3190. The number of anilines is 3. The van der Waals surface area contributed by atoms with Crippen molar-refractivity contribution in [3.8, 4) is 0 Å². The quantitative estimate of drug-likeness (QED) is 0.0449. The average molecular weight is 1160 g/mol. The number of hydrogen-bond donors (Lipinski definition) is 5. The summed E-state index contributed by atoms with van der Waals surface area (Å²) in [7, 11) is 0. The molecule has 9 heterocycles. The van der Waals surface area contributed by atoms with E-state index in [-0.39, 0.29) is 35.4 Å². The maximum absolute atomic E-state index is 12.7. The van der Waals surface area contributed by atoms with Crippen LogP contribution < -0.4 is 20.0 Å². The van der Waals surface area contributed by atoms with Crippen LogP contribution in [0.4, 0.5) is 17.1 Å². The number of nitrogens with one attached hydrogen (secondary N) is 5. The van der Waals surface area contributed by atoms with E-state index >= 15 is 0 Å². The number of oxazole rings is 1. The Kier molecular flexibility index (Phi) is 20.0. The standard InChI is InChI=1S/C22H28N4O2.C21H28N6O.C20H26N6OS/c1-3-25-8-10-26(11-9-25)22-24-15-21(28-22)20(27)13-16(2)12-17-14-23-19-7-5-4-6-18(17)19;1-3-26-8-10-27(11-9-26)21-23-20(24-25-21)19(28)13-15(2)12-16-14-22-18-7-5-4-6-17(16)18;1-3-25-8-10-26(11-9-25)20-24-23-19(28-20)18(27)22-14(2)12-15-13-21-17-7-5-4-6-16(15)17/h4-7,14-16,23H,3,8-13H2,1-2H3;4-7,14-15,22H,3,8-13H2,1-2H3,(H,23,24,25);4-7,13-14,21H,3,8-12H2,1-2H3,(H,22,27). The van der Waals surface area contributed by atoms with Gasteiger partial charge in [0.05, 0.1) is 6.20 Å². The third-order valence-electron chi connectivity index (χ3n) is 16.5. The third-order valence-corrected chi connectivity index (χ3v) is 17.5. The van der Waals surface area contributed by atoms with Crippen molar-refractivity contribution in [2.75, 3.05) is 113 Å². The zero-order valence-corrected chi connectivity index (χ0v) is 50.4. The molecule has 0 radical (unpaired) electrons. The molecule has 0 saturated carbocycles. The lowest BCUT2D eigenvalue weighted by Crippen LogP contribution is -2.46. The number of carbonyl (C=O) groups excluding carboxylic acids is 3. The monoisotopic (exact) mass is 1160 g/mol. The Hall–Kier alpha value is -7.72. The van der Waals surface area contributed by atoms with E-state index in [1.807, 2.05) is 61.9 Å². The molecule has 444 valence electrons. The van der Waals surface area contributed by atoms with E-state index in [4.69, 9.17) is 4.42 Å². The van der Waals surface area contributed by atoms with Crippen LogP contribution in [-0.2, 0) is 19.3 Å². The van der Waals surface area contributed by atoms with E-state index in [1.54, 1.807) is 6.20 Å². The predicted molar refractivity (Wildman–Crippen MR) is 335 cm³/mol. The molecule has 84 heavy (non-hydrogen) atoms. The number of benzene rings is 3. The van der Waals surface area contributed by atoms with Crippen LogP contribution in [0.3, 0.4) is 0 Å². The summed E-state index contributed by atoms with van der Waals surface area (Å²) in [4.78, 5) is 70.4. The minimum absolute atomic E-state index is 0.00663. The van der Waals surface area contributed by atoms with Crippen molar-refractivity contribution in [2.24, 2.45) is 11.8 Å². The molecule has 1 amide bonds. The van der Waals surface area contributed by atoms with E-state index in [2.05, 4.69) is 151 Å². The highest BCUT2D eigenvalue weighted by Crippen LogP contribution is 2.27. The molecule has 21 heteroatoms. The van der Waals surface area contributed by atoms with Gasteiger partial charge < -0.3 is 54.1 Å². The molecule has 6 aromatic heterocycles. The number of hydrogen-bond acceptors (Lipinski definition) is 16. The number of aromatic amines is 4. The van der Waals surface area contributed by atoms with Gasteiger partial charge in [-0.3, -0.25) is 19.5 Å². The maximum Gasteiger partial charge on any atom is 0.297 e. The van der Waals surface area contributed by atoms with Gasteiger partial charge in [0, 0.05) is 149 Å². The average Bonchev–Trinajstić information content (AvgIpc) is 4.60. The summed E-state index contributed by atoms with van der Waals surface area (Å²) in [5, 5.41) is 23.5. The summed E-state index contributed by atoms with van der Waals surface area (Å²) in [6.45, 7) is 27.5. The number of rotatable bonds is 20. The summed E-state index contributed by atoms with van der Waals surface area (Å²) in [5.41, 5.74) is 7.10. The van der Waals surface area contributed by atoms with Crippen molar-refractivity contribution < 1.29 is 18.8 Å². The zero-order valence-electron chi connectivity index (χ0n) is 49.6. The molecule has 3 unspecified atom stereocenters. The lowest BCUT2D eigenvalue weighted by molar-refractivity contribution is 0.0930. The molecule has 3 saturated heterocycles. The molecule has 12 rings (SSSR count). The second-order valence-corrected chi connectivity index (χ2v) is 23.6. The highest BCUT2D eigenvalue weighted by molar-refractivity contribution is 7.17. The number of aromatic nitrogens is 9. The van der Waals surface area contributed by atoms with E-state index in [9.17, 15) is 14.4 Å². The number of para-hydroxylation sites is 3. The largest absolute Gasteiger partial charge is 0.420 e. The van der Waals surface area contributed by atoms with Crippen molar-refractivity contribution in [1.82, 2.24) is 65.3 Å². The van der Waals surface area contributed by atoms with Crippen LogP contribution in [0.5, 0.6) is 0 Å². The first-order chi connectivity index (χ1) is 40.9. The number of H-pyrrole nitrogens is 4. The van der Waals surface area contributed by atoms with E-state index < -0.39 is 0 Å². The summed E-state index contributed by atoms with van der Waals surface area (Å²) >= 11 is 1.38. The van der Waals surface area contributed by atoms with Crippen LogP contribution in [-0.4, -0.2) is 182 Å². The Morgan fingerprint density at radius 2 is 1.05 bits per heavy atom. The van der Waals surface area contributed by atoms with Gasteiger partial charge in [-0.2, -0.15) is 4.98 Å². The topological polar surface area (TPSA) is 223 Å². The van der Waals surface area contributed by atoms with Crippen molar-refractivity contribution in [1.29, 1.82) is 0 Å². The number of likely N-dealkylation sites (N-methyl/N-ethyl adjacent to an activating group) is 3. The summed E-state index contributed by atoms with van der Waals surface area (Å²) < 4.78 is 5.80. The number of piperazine rings is 3. The third kappa shape index (κ3) is 15.0. The molecule has 3 aliphatic rings. The number of amides is 1. The minimum atomic E-state index is -0.150. The summed E-state index contributed by atoms with van der Waals surface area (Å²) in [5.74, 6) is 1.75. The summed E-state index contributed by atoms with van der Waals surface area (Å²) in [6.07, 6.45) is 11.1. The van der Waals surface area contributed by atoms with Crippen molar-refractivity contribution in [3.63, 3.8) is 0 Å². The molecule has 3 fully saturated rings. The number of nitrogens with zero attached hydrogens (tertiary/aromatic N) is 11. The molecular formula is C63H82N16O4S. The number of ketones is 2. The van der Waals surface area contributed by atoms with Gasteiger partial charge in [0.25, 0.3) is 11.9 Å². The first-order valence-corrected chi connectivity index (χ1v) is 30.9. The molecule has 0 aliphatic carbocycles. The van der Waals surface area contributed by atoms with Gasteiger partial charge in [-0.15, -0.1) is 15.3 Å². The van der Waals surface area contributed by atoms with Crippen LogP contribution in [0.1, 0.15) is 102 Å². The Morgan fingerprint density at radius 3 is 1.56 bits per heavy atom. The van der Waals surface area contributed by atoms with Crippen LogP contribution in [0.2, 0.25) is 0 Å².